The van der Waals surface area contributed by atoms with Crippen LogP contribution in [0.3, 0.4) is 0 Å². The zero-order valence-electron chi connectivity index (χ0n) is 10.1. The Morgan fingerprint density at radius 1 is 1.50 bits per heavy atom. The van der Waals surface area contributed by atoms with Gasteiger partial charge in [-0.25, -0.2) is 0 Å². The third-order valence-electron chi connectivity index (χ3n) is 4.21. The van der Waals surface area contributed by atoms with Crippen molar-refractivity contribution >= 4 is 11.3 Å². The van der Waals surface area contributed by atoms with Gasteiger partial charge in [0.1, 0.15) is 0 Å². The lowest BCUT2D eigenvalue weighted by Gasteiger charge is -2.39. The molecule has 3 heteroatoms. The van der Waals surface area contributed by atoms with E-state index < -0.39 is 0 Å². The second-order valence-electron chi connectivity index (χ2n) is 5.20. The molecule has 1 aliphatic carbocycles. The molecule has 0 radical (unpaired) electrons. The maximum Gasteiger partial charge on any atom is 0.0794 e. The van der Waals surface area contributed by atoms with Gasteiger partial charge >= 0.3 is 0 Å². The van der Waals surface area contributed by atoms with Crippen LogP contribution in [0.4, 0.5) is 0 Å². The van der Waals surface area contributed by atoms with Crippen LogP contribution >= 0.6 is 11.3 Å². The highest BCUT2D eigenvalue weighted by Crippen LogP contribution is 2.42. The largest absolute Gasteiger partial charge is 0.330 e. The first-order valence-electron chi connectivity index (χ1n) is 6.35. The maximum absolute atomic E-state index is 6.03. The third kappa shape index (κ3) is 2.64. The van der Waals surface area contributed by atoms with Gasteiger partial charge in [-0.2, -0.15) is 0 Å². The second-order valence-corrected chi connectivity index (χ2v) is 6.17. The monoisotopic (exact) mass is 238 g/mol. The van der Waals surface area contributed by atoms with Crippen LogP contribution in [-0.2, 0) is 6.42 Å². The van der Waals surface area contributed by atoms with E-state index in [1.54, 1.807) is 11.3 Å². The smallest absolute Gasteiger partial charge is 0.0794 e. The molecule has 2 N–H and O–H groups in total. The summed E-state index contributed by atoms with van der Waals surface area (Å²) in [6.45, 7) is 3.14. The fourth-order valence-electron chi connectivity index (χ4n) is 2.85. The van der Waals surface area contributed by atoms with Gasteiger partial charge in [-0.3, -0.25) is 4.98 Å². The van der Waals surface area contributed by atoms with E-state index in [9.17, 15) is 0 Å². The minimum Gasteiger partial charge on any atom is -0.330 e. The summed E-state index contributed by atoms with van der Waals surface area (Å²) in [5.41, 5.74) is 8.33. The standard InChI is InChI=1S/C13H22N2S/c1-2-11-3-5-13(9-14,6-4-11)7-12-8-15-10-16-12/h8,10-11H,2-7,9,14H2,1H3. The molecule has 0 atom stereocenters. The highest BCUT2D eigenvalue weighted by atomic mass is 32.1. The Morgan fingerprint density at radius 2 is 2.25 bits per heavy atom. The molecule has 0 saturated heterocycles. The van der Waals surface area contributed by atoms with Crippen molar-refractivity contribution < 1.29 is 0 Å². The number of hydrogen-bond donors (Lipinski definition) is 1. The van der Waals surface area contributed by atoms with Crippen molar-refractivity contribution in [2.75, 3.05) is 6.54 Å². The first-order valence-corrected chi connectivity index (χ1v) is 7.23. The molecule has 0 amide bonds. The van der Waals surface area contributed by atoms with E-state index in [1.165, 1.54) is 37.0 Å². The highest BCUT2D eigenvalue weighted by Gasteiger charge is 2.34. The van der Waals surface area contributed by atoms with Crippen LogP contribution in [0.1, 0.15) is 43.9 Å². The van der Waals surface area contributed by atoms with Gasteiger partial charge < -0.3 is 5.73 Å². The first kappa shape index (κ1) is 12.1. The normalized spacial score (nSPS) is 30.5. The van der Waals surface area contributed by atoms with Crippen molar-refractivity contribution in [2.24, 2.45) is 17.1 Å². The van der Waals surface area contributed by atoms with Gasteiger partial charge in [0.2, 0.25) is 0 Å². The molecule has 0 aliphatic heterocycles. The van der Waals surface area contributed by atoms with Crippen molar-refractivity contribution in [3.63, 3.8) is 0 Å². The molecule has 2 nitrogen and oxygen atoms in total. The Morgan fingerprint density at radius 3 is 2.75 bits per heavy atom. The van der Waals surface area contributed by atoms with Crippen molar-refractivity contribution in [2.45, 2.75) is 45.4 Å². The number of hydrogen-bond acceptors (Lipinski definition) is 3. The van der Waals surface area contributed by atoms with Gasteiger partial charge in [0.25, 0.3) is 0 Å². The summed E-state index contributed by atoms with van der Waals surface area (Å²) in [5.74, 6) is 0.945. The Kier molecular flexibility index (Phi) is 3.98. The lowest BCUT2D eigenvalue weighted by atomic mass is 9.68. The van der Waals surface area contributed by atoms with E-state index in [2.05, 4.69) is 11.9 Å². The molecule has 0 unspecified atom stereocenters. The van der Waals surface area contributed by atoms with Crippen LogP contribution in [0.5, 0.6) is 0 Å². The van der Waals surface area contributed by atoms with Crippen molar-refractivity contribution in [3.8, 4) is 0 Å². The summed E-state index contributed by atoms with van der Waals surface area (Å²) < 4.78 is 0. The number of nitrogens with two attached hydrogens (primary N) is 1. The molecule has 2 rings (SSSR count). The fourth-order valence-corrected chi connectivity index (χ4v) is 3.62. The first-order chi connectivity index (χ1) is 7.78. The number of aromatic nitrogens is 1. The Balaban J connectivity index is 1.98. The van der Waals surface area contributed by atoms with E-state index >= 15 is 0 Å². The van der Waals surface area contributed by atoms with Crippen molar-refractivity contribution in [1.82, 2.24) is 4.98 Å². The van der Waals surface area contributed by atoms with Gasteiger partial charge in [-0.1, -0.05) is 13.3 Å². The number of nitrogens with zero attached hydrogens (tertiary/aromatic N) is 1. The van der Waals surface area contributed by atoms with Gasteiger partial charge in [-0.05, 0) is 50.0 Å². The van der Waals surface area contributed by atoms with Gasteiger partial charge in [-0.15, -0.1) is 11.3 Å². The molecule has 1 fully saturated rings. The van der Waals surface area contributed by atoms with E-state index in [-0.39, 0.29) is 0 Å². The summed E-state index contributed by atoms with van der Waals surface area (Å²) >= 11 is 1.77. The summed E-state index contributed by atoms with van der Waals surface area (Å²) in [6, 6.07) is 0. The van der Waals surface area contributed by atoms with E-state index in [0.717, 1.165) is 18.9 Å². The summed E-state index contributed by atoms with van der Waals surface area (Å²) in [7, 11) is 0. The van der Waals surface area contributed by atoms with Crippen molar-refractivity contribution in [1.29, 1.82) is 0 Å². The minimum atomic E-state index is 0.373. The molecule has 90 valence electrons. The summed E-state index contributed by atoms with van der Waals surface area (Å²) in [5, 5.41) is 0. The van der Waals surface area contributed by atoms with Crippen LogP contribution in [0.25, 0.3) is 0 Å². The molecule has 1 aromatic heterocycles. The molecular formula is C13H22N2S. The second kappa shape index (κ2) is 5.28. The Hall–Kier alpha value is -0.410. The summed E-state index contributed by atoms with van der Waals surface area (Å²) in [6.07, 6.45) is 9.83. The zero-order chi connectivity index (χ0) is 11.4. The predicted octanol–water partition coefficient (Wildman–Crippen LogP) is 3.23. The van der Waals surface area contributed by atoms with Crippen LogP contribution < -0.4 is 5.73 Å². The number of rotatable bonds is 4. The molecule has 1 aliphatic rings. The minimum absolute atomic E-state index is 0.373. The van der Waals surface area contributed by atoms with E-state index in [4.69, 9.17) is 5.73 Å². The average molecular weight is 238 g/mol. The lowest BCUT2D eigenvalue weighted by Crippen LogP contribution is -2.36. The molecule has 1 heterocycles. The fraction of sp³-hybridized carbons (Fsp3) is 0.769. The number of thiazole rings is 1. The van der Waals surface area contributed by atoms with Crippen LogP contribution in [0, 0.1) is 11.3 Å². The van der Waals surface area contributed by atoms with E-state index in [0.29, 0.717) is 5.41 Å². The quantitative estimate of drug-likeness (QED) is 0.874. The molecule has 0 bridgehead atoms. The van der Waals surface area contributed by atoms with Crippen LogP contribution in [-0.4, -0.2) is 11.5 Å². The molecule has 1 saturated carbocycles. The maximum atomic E-state index is 6.03. The predicted molar refractivity (Wildman–Crippen MR) is 69.6 cm³/mol. The van der Waals surface area contributed by atoms with Gasteiger partial charge in [0, 0.05) is 11.1 Å². The molecule has 16 heavy (non-hydrogen) atoms. The molecular weight excluding hydrogens is 216 g/mol. The Labute approximate surface area is 102 Å². The van der Waals surface area contributed by atoms with Gasteiger partial charge in [0.15, 0.2) is 0 Å². The van der Waals surface area contributed by atoms with Crippen LogP contribution in [0.15, 0.2) is 11.7 Å². The third-order valence-corrected chi connectivity index (χ3v) is 4.99. The zero-order valence-corrected chi connectivity index (χ0v) is 10.9. The lowest BCUT2D eigenvalue weighted by molar-refractivity contribution is 0.154. The molecule has 0 aromatic carbocycles. The van der Waals surface area contributed by atoms with Crippen molar-refractivity contribution in [3.05, 3.63) is 16.6 Å². The Bertz CT molecular complexity index is 300. The average Bonchev–Trinajstić information content (AvgIpc) is 2.83. The SMILES string of the molecule is CCC1CCC(CN)(Cc2cncs2)CC1. The molecule has 0 spiro atoms. The highest BCUT2D eigenvalue weighted by molar-refractivity contribution is 7.09. The van der Waals surface area contributed by atoms with Crippen LogP contribution in [0.2, 0.25) is 0 Å². The molecule has 1 aromatic rings. The van der Waals surface area contributed by atoms with E-state index in [1.807, 2.05) is 11.7 Å². The van der Waals surface area contributed by atoms with Gasteiger partial charge in [0.05, 0.1) is 5.51 Å². The topological polar surface area (TPSA) is 38.9 Å². The summed E-state index contributed by atoms with van der Waals surface area (Å²) in [4.78, 5) is 5.57.